The fraction of sp³-hybridized carbons (Fsp3) is 0.176. The first-order valence-electron chi connectivity index (χ1n) is 7.83. The summed E-state index contributed by atoms with van der Waals surface area (Å²) in [7, 11) is -3.71. The van der Waals surface area contributed by atoms with Gasteiger partial charge in [0.2, 0.25) is 15.9 Å². The number of amides is 3. The van der Waals surface area contributed by atoms with Crippen LogP contribution in [0.1, 0.15) is 5.56 Å². The van der Waals surface area contributed by atoms with Gasteiger partial charge in [0, 0.05) is 12.2 Å². The third-order valence-corrected chi connectivity index (χ3v) is 4.36. The number of urea groups is 1. The third kappa shape index (κ3) is 6.54. The molecule has 9 heteroatoms. The summed E-state index contributed by atoms with van der Waals surface area (Å²) >= 11 is 0. The molecule has 0 aliphatic carbocycles. The molecule has 0 spiro atoms. The predicted molar refractivity (Wildman–Crippen MR) is 98.0 cm³/mol. The lowest BCUT2D eigenvalue weighted by Crippen LogP contribution is -2.39. The van der Waals surface area contributed by atoms with E-state index in [1.54, 1.807) is 36.4 Å². The van der Waals surface area contributed by atoms with Crippen molar-refractivity contribution in [2.75, 3.05) is 18.4 Å². The smallest absolute Gasteiger partial charge is 0.319 e. The van der Waals surface area contributed by atoms with Crippen LogP contribution >= 0.6 is 0 Å². The zero-order valence-corrected chi connectivity index (χ0v) is 14.8. The molecule has 0 heterocycles. The molecule has 0 bridgehead atoms. The van der Waals surface area contributed by atoms with Crippen LogP contribution in [0.2, 0.25) is 0 Å². The van der Waals surface area contributed by atoms with Gasteiger partial charge in [-0.25, -0.2) is 18.4 Å². The van der Waals surface area contributed by atoms with E-state index in [9.17, 15) is 18.0 Å². The van der Waals surface area contributed by atoms with Gasteiger partial charge < -0.3 is 16.0 Å². The Morgan fingerprint density at radius 1 is 0.923 bits per heavy atom. The Kier molecular flexibility index (Phi) is 6.70. The van der Waals surface area contributed by atoms with Crippen molar-refractivity contribution in [3.63, 3.8) is 0 Å². The first-order chi connectivity index (χ1) is 12.3. The van der Waals surface area contributed by atoms with E-state index in [0.717, 1.165) is 5.56 Å². The fourth-order valence-corrected chi connectivity index (χ4v) is 2.63. The quantitative estimate of drug-likeness (QED) is 0.570. The molecule has 0 saturated heterocycles. The molecule has 0 atom stereocenters. The molecule has 2 aromatic rings. The summed E-state index contributed by atoms with van der Waals surface area (Å²) in [4.78, 5) is 23.4. The van der Waals surface area contributed by atoms with Crippen LogP contribution in [0.15, 0.2) is 59.5 Å². The third-order valence-electron chi connectivity index (χ3n) is 3.43. The maximum absolute atomic E-state index is 11.7. The van der Waals surface area contributed by atoms with Crippen molar-refractivity contribution in [1.82, 2.24) is 10.6 Å². The van der Waals surface area contributed by atoms with E-state index < -0.39 is 16.1 Å². The summed E-state index contributed by atoms with van der Waals surface area (Å²) in [5.74, 6) is -0.325. The number of primary sulfonamides is 1. The molecule has 0 aromatic heterocycles. The van der Waals surface area contributed by atoms with Crippen molar-refractivity contribution in [2.45, 2.75) is 11.3 Å². The van der Waals surface area contributed by atoms with Gasteiger partial charge in [-0.2, -0.15) is 0 Å². The van der Waals surface area contributed by atoms with E-state index in [-0.39, 0.29) is 17.3 Å². The maximum Gasteiger partial charge on any atom is 0.319 e. The summed E-state index contributed by atoms with van der Waals surface area (Å²) < 4.78 is 22.3. The number of hydrogen-bond acceptors (Lipinski definition) is 4. The zero-order chi connectivity index (χ0) is 19.0. The molecule has 0 fully saturated rings. The Morgan fingerprint density at radius 3 is 2.19 bits per heavy atom. The van der Waals surface area contributed by atoms with Gasteiger partial charge in [-0.3, -0.25) is 4.79 Å². The summed E-state index contributed by atoms with van der Waals surface area (Å²) in [5, 5.41) is 12.8. The van der Waals surface area contributed by atoms with Gasteiger partial charge in [0.05, 0.1) is 11.4 Å². The molecular weight excluding hydrogens is 356 g/mol. The van der Waals surface area contributed by atoms with Crippen LogP contribution in [0.3, 0.4) is 0 Å². The summed E-state index contributed by atoms with van der Waals surface area (Å²) in [6.07, 6.45) is 0.521. The van der Waals surface area contributed by atoms with Gasteiger partial charge in [0.25, 0.3) is 0 Å². The first-order valence-corrected chi connectivity index (χ1v) is 9.37. The lowest BCUT2D eigenvalue weighted by atomic mass is 10.1. The van der Waals surface area contributed by atoms with Crippen molar-refractivity contribution in [1.29, 1.82) is 0 Å². The number of nitrogens with one attached hydrogen (secondary N) is 3. The largest absolute Gasteiger partial charge is 0.354 e. The highest BCUT2D eigenvalue weighted by atomic mass is 32.2. The van der Waals surface area contributed by atoms with E-state index in [4.69, 9.17) is 5.14 Å². The molecule has 2 aromatic carbocycles. The first kappa shape index (κ1) is 19.4. The minimum absolute atomic E-state index is 0.0407. The number of anilines is 1. The summed E-state index contributed by atoms with van der Waals surface area (Å²) in [6, 6.07) is 14.5. The van der Waals surface area contributed by atoms with Crippen LogP contribution in [0, 0.1) is 0 Å². The highest BCUT2D eigenvalue weighted by Gasteiger charge is 2.07. The molecule has 5 N–H and O–H groups in total. The van der Waals surface area contributed by atoms with Crippen molar-refractivity contribution in [2.24, 2.45) is 5.14 Å². The maximum atomic E-state index is 11.7. The number of sulfonamides is 1. The molecule has 0 unspecified atom stereocenters. The monoisotopic (exact) mass is 376 g/mol. The number of hydrogen-bond donors (Lipinski definition) is 4. The number of para-hydroxylation sites is 1. The van der Waals surface area contributed by atoms with E-state index in [1.807, 2.05) is 6.07 Å². The Morgan fingerprint density at radius 2 is 1.58 bits per heavy atom. The lowest BCUT2D eigenvalue weighted by Gasteiger charge is -2.08. The SMILES string of the molecule is NS(=O)(=O)c1ccc(CCNC(=O)CNC(=O)Nc2ccccc2)cc1. The van der Waals surface area contributed by atoms with Crippen LogP contribution < -0.4 is 21.1 Å². The second-order valence-electron chi connectivity index (χ2n) is 5.46. The average Bonchev–Trinajstić information content (AvgIpc) is 2.60. The fourth-order valence-electron chi connectivity index (χ4n) is 2.11. The Hall–Kier alpha value is -2.91. The zero-order valence-electron chi connectivity index (χ0n) is 13.9. The lowest BCUT2D eigenvalue weighted by molar-refractivity contribution is -0.120. The van der Waals surface area contributed by atoms with Crippen molar-refractivity contribution < 1.29 is 18.0 Å². The molecule has 0 aliphatic heterocycles. The average molecular weight is 376 g/mol. The highest BCUT2D eigenvalue weighted by molar-refractivity contribution is 7.89. The van der Waals surface area contributed by atoms with E-state index >= 15 is 0 Å². The van der Waals surface area contributed by atoms with Crippen LogP contribution in [0.4, 0.5) is 10.5 Å². The molecule has 138 valence electrons. The normalized spacial score (nSPS) is 10.8. The molecular formula is C17H20N4O4S. The second-order valence-corrected chi connectivity index (χ2v) is 7.02. The standard InChI is InChI=1S/C17H20N4O4S/c18-26(24,25)15-8-6-13(7-9-15)10-11-19-16(22)12-20-17(23)21-14-4-2-1-3-5-14/h1-9H,10-12H2,(H,19,22)(H2,18,24,25)(H2,20,21,23). The highest BCUT2D eigenvalue weighted by Crippen LogP contribution is 2.08. The van der Waals surface area contributed by atoms with Crippen molar-refractivity contribution >= 4 is 27.6 Å². The van der Waals surface area contributed by atoms with Gasteiger partial charge in [-0.15, -0.1) is 0 Å². The second kappa shape index (κ2) is 8.97. The molecule has 26 heavy (non-hydrogen) atoms. The minimum atomic E-state index is -3.71. The van der Waals surface area contributed by atoms with Crippen molar-refractivity contribution in [3.8, 4) is 0 Å². The number of nitrogens with two attached hydrogens (primary N) is 1. The Bertz CT molecular complexity index is 852. The molecule has 0 saturated carbocycles. The Balaban J connectivity index is 1.68. The number of carbonyl (C=O) groups excluding carboxylic acids is 2. The number of benzene rings is 2. The Labute approximate surface area is 151 Å². The molecule has 0 radical (unpaired) electrons. The number of rotatable bonds is 7. The topological polar surface area (TPSA) is 130 Å². The number of carbonyl (C=O) groups is 2. The van der Waals surface area contributed by atoms with Crippen molar-refractivity contribution in [3.05, 3.63) is 60.2 Å². The molecule has 0 aliphatic rings. The molecule has 2 rings (SSSR count). The van der Waals surface area contributed by atoms with Gasteiger partial charge in [0.1, 0.15) is 0 Å². The van der Waals surface area contributed by atoms with Crippen LogP contribution in [0.5, 0.6) is 0 Å². The molecule has 3 amide bonds. The molecule has 8 nitrogen and oxygen atoms in total. The minimum Gasteiger partial charge on any atom is -0.354 e. The van der Waals surface area contributed by atoms with E-state index in [2.05, 4.69) is 16.0 Å². The van der Waals surface area contributed by atoms with Gasteiger partial charge in [-0.1, -0.05) is 30.3 Å². The van der Waals surface area contributed by atoms with Crippen LogP contribution in [-0.4, -0.2) is 33.4 Å². The summed E-state index contributed by atoms with van der Waals surface area (Å²) in [6.45, 7) is 0.207. The predicted octanol–water partition coefficient (Wildman–Crippen LogP) is 0.814. The summed E-state index contributed by atoms with van der Waals surface area (Å²) in [5.41, 5.74) is 1.49. The van der Waals surface area contributed by atoms with Gasteiger partial charge >= 0.3 is 6.03 Å². The van der Waals surface area contributed by atoms with E-state index in [0.29, 0.717) is 18.7 Å². The van der Waals surface area contributed by atoms with E-state index in [1.165, 1.54) is 12.1 Å². The van der Waals surface area contributed by atoms with Crippen LogP contribution in [0.25, 0.3) is 0 Å². The van der Waals surface area contributed by atoms with Gasteiger partial charge in [-0.05, 0) is 36.2 Å². The van der Waals surface area contributed by atoms with Crippen LogP contribution in [-0.2, 0) is 21.2 Å². The van der Waals surface area contributed by atoms with Gasteiger partial charge in [0.15, 0.2) is 0 Å².